The van der Waals surface area contributed by atoms with Crippen molar-refractivity contribution in [1.82, 2.24) is 0 Å². The van der Waals surface area contributed by atoms with E-state index in [1.165, 1.54) is 0 Å². The molecule has 0 aromatic carbocycles. The fraction of sp³-hybridized carbons (Fsp3) is 0.875. The van der Waals surface area contributed by atoms with Crippen molar-refractivity contribution in [2.45, 2.75) is 39.5 Å². The molecule has 0 spiro atoms. The Labute approximate surface area is 99.5 Å². The summed E-state index contributed by atoms with van der Waals surface area (Å²) in [6.45, 7) is 4.45. The van der Waals surface area contributed by atoms with Gasteiger partial charge in [0.15, 0.2) is 0 Å². The summed E-state index contributed by atoms with van der Waals surface area (Å²) < 4.78 is 4.75. The Morgan fingerprint density at radius 2 is 1.91 bits per heavy atom. The topological polar surface area (TPSA) is 26.3 Å². The minimum Gasteiger partial charge on any atom is -0.466 e. The zero-order valence-electron chi connectivity index (χ0n) is 7.19. The Kier molecular flexibility index (Phi) is 14.0. The zero-order valence-corrected chi connectivity index (χ0v) is 9.32. The monoisotopic (exact) mass is 303 g/mol. The van der Waals surface area contributed by atoms with Crippen molar-refractivity contribution in [3.05, 3.63) is 0 Å². The van der Waals surface area contributed by atoms with Gasteiger partial charge in [0.1, 0.15) is 0 Å². The summed E-state index contributed by atoms with van der Waals surface area (Å²) in [5, 5.41) is 0. The van der Waals surface area contributed by atoms with Gasteiger partial charge in [0, 0.05) is 45.0 Å². The van der Waals surface area contributed by atoms with Crippen LogP contribution in [-0.4, -0.2) is 12.6 Å². The van der Waals surface area contributed by atoms with E-state index in [2.05, 4.69) is 6.92 Å². The Morgan fingerprint density at radius 1 is 1.27 bits per heavy atom. The van der Waals surface area contributed by atoms with Gasteiger partial charge in [-0.25, -0.2) is 0 Å². The molecule has 0 aliphatic heterocycles. The average Bonchev–Trinajstić information content (AvgIpc) is 1.89. The van der Waals surface area contributed by atoms with Crippen molar-refractivity contribution >= 4 is 5.97 Å². The van der Waals surface area contributed by atoms with E-state index in [0.29, 0.717) is 13.0 Å². The van der Waals surface area contributed by atoms with Gasteiger partial charge in [-0.05, 0) is 13.3 Å². The third kappa shape index (κ3) is 10.8. The Balaban J connectivity index is 0. The van der Waals surface area contributed by atoms with Crippen LogP contribution in [0, 0.1) is 38.6 Å². The van der Waals surface area contributed by atoms with Gasteiger partial charge in [-0.1, -0.05) is 19.8 Å². The molecule has 0 bridgehead atoms. The first-order valence-corrected chi connectivity index (χ1v) is 3.96. The molecule has 0 heterocycles. The van der Waals surface area contributed by atoms with Crippen LogP contribution in [0.2, 0.25) is 0 Å². The van der Waals surface area contributed by atoms with E-state index in [0.717, 1.165) is 19.3 Å². The van der Waals surface area contributed by atoms with Crippen LogP contribution in [0.4, 0.5) is 0 Å². The number of carbonyl (C=O) groups is 1. The molecule has 69 valence electrons. The van der Waals surface area contributed by atoms with E-state index in [1.807, 2.05) is 6.92 Å². The minimum absolute atomic E-state index is 0. The summed E-state index contributed by atoms with van der Waals surface area (Å²) in [5.74, 6) is -0.0593. The van der Waals surface area contributed by atoms with Gasteiger partial charge in [0.2, 0.25) is 0 Å². The second-order valence-corrected chi connectivity index (χ2v) is 2.26. The Morgan fingerprint density at radius 3 is 2.36 bits per heavy atom. The van der Waals surface area contributed by atoms with Crippen LogP contribution in [0.5, 0.6) is 0 Å². The van der Waals surface area contributed by atoms with Gasteiger partial charge in [-0.2, -0.15) is 0 Å². The van der Waals surface area contributed by atoms with E-state index in [-0.39, 0.29) is 44.6 Å². The van der Waals surface area contributed by atoms with Crippen LogP contribution in [0.25, 0.3) is 0 Å². The molecule has 0 fully saturated rings. The van der Waals surface area contributed by atoms with Gasteiger partial charge in [-0.3, -0.25) is 4.79 Å². The summed E-state index contributed by atoms with van der Waals surface area (Å²) >= 11 is 0. The number of unbranched alkanes of at least 4 members (excludes halogenated alkanes) is 2. The molecule has 0 unspecified atom stereocenters. The van der Waals surface area contributed by atoms with Gasteiger partial charge < -0.3 is 4.74 Å². The maximum absolute atomic E-state index is 10.7. The van der Waals surface area contributed by atoms with Crippen LogP contribution in [0.1, 0.15) is 39.5 Å². The first-order chi connectivity index (χ1) is 4.81. The van der Waals surface area contributed by atoms with Crippen LogP contribution in [0.3, 0.4) is 0 Å². The number of carbonyl (C=O) groups excluding carboxylic acids is 1. The molecule has 2 nitrogen and oxygen atoms in total. The quantitative estimate of drug-likeness (QED) is 0.574. The third-order valence-corrected chi connectivity index (χ3v) is 1.29. The Bertz CT molecular complexity index is 94.1. The van der Waals surface area contributed by atoms with E-state index >= 15 is 0 Å². The number of ether oxygens (including phenoxy) is 1. The number of hydrogen-bond donors (Lipinski definition) is 0. The van der Waals surface area contributed by atoms with Crippen molar-refractivity contribution in [2.24, 2.45) is 0 Å². The number of hydrogen-bond acceptors (Lipinski definition) is 2. The summed E-state index contributed by atoms with van der Waals surface area (Å²) in [5.41, 5.74) is 0. The third-order valence-electron chi connectivity index (χ3n) is 1.29. The standard InChI is InChI=1S/C8H16O2.Tb/c1-3-5-6-7-8(9)10-4-2;/h3-7H2,1-2H3;. The Hall–Kier alpha value is 0.756. The molecule has 0 saturated carbocycles. The van der Waals surface area contributed by atoms with Gasteiger partial charge in [0.25, 0.3) is 0 Å². The maximum atomic E-state index is 10.7. The molecular weight excluding hydrogens is 287 g/mol. The predicted molar refractivity (Wildman–Crippen MR) is 40.8 cm³/mol. The van der Waals surface area contributed by atoms with Crippen molar-refractivity contribution in [1.29, 1.82) is 0 Å². The van der Waals surface area contributed by atoms with E-state index in [4.69, 9.17) is 4.74 Å². The molecular formula is C8H16O2Tb. The zero-order chi connectivity index (χ0) is 7.82. The summed E-state index contributed by atoms with van der Waals surface area (Å²) in [6, 6.07) is 0. The molecule has 0 saturated heterocycles. The molecule has 0 atom stereocenters. The SMILES string of the molecule is CCCCCC(=O)OCC.[Tb]. The smallest absolute Gasteiger partial charge is 0.305 e. The molecule has 0 aromatic heterocycles. The number of esters is 1. The van der Waals surface area contributed by atoms with Crippen molar-refractivity contribution in [3.8, 4) is 0 Å². The van der Waals surface area contributed by atoms with Crippen LogP contribution in [0.15, 0.2) is 0 Å². The van der Waals surface area contributed by atoms with Crippen molar-refractivity contribution in [2.75, 3.05) is 6.61 Å². The normalized spacial score (nSPS) is 8.55. The summed E-state index contributed by atoms with van der Waals surface area (Å²) in [6.07, 6.45) is 3.83. The molecule has 0 aromatic rings. The van der Waals surface area contributed by atoms with E-state index in [9.17, 15) is 4.79 Å². The fourth-order valence-corrected chi connectivity index (χ4v) is 0.752. The first kappa shape index (κ1) is 14.3. The molecule has 0 rings (SSSR count). The van der Waals surface area contributed by atoms with Gasteiger partial charge in [0.05, 0.1) is 6.61 Å². The minimum atomic E-state index is -0.0593. The van der Waals surface area contributed by atoms with Crippen molar-refractivity contribution in [3.63, 3.8) is 0 Å². The molecule has 11 heavy (non-hydrogen) atoms. The van der Waals surface area contributed by atoms with Crippen molar-refractivity contribution < 1.29 is 48.1 Å². The molecule has 1 radical (unpaired) electrons. The molecule has 0 amide bonds. The molecule has 0 aliphatic rings. The maximum Gasteiger partial charge on any atom is 0.305 e. The first-order valence-electron chi connectivity index (χ1n) is 3.96. The van der Waals surface area contributed by atoms with Crippen LogP contribution >= 0.6 is 0 Å². The summed E-state index contributed by atoms with van der Waals surface area (Å²) in [7, 11) is 0. The van der Waals surface area contributed by atoms with Gasteiger partial charge in [-0.15, -0.1) is 0 Å². The average molecular weight is 303 g/mol. The second-order valence-electron chi connectivity index (χ2n) is 2.26. The van der Waals surface area contributed by atoms with E-state index < -0.39 is 0 Å². The number of rotatable bonds is 5. The second kappa shape index (κ2) is 10.8. The van der Waals surface area contributed by atoms with E-state index in [1.54, 1.807) is 0 Å². The largest absolute Gasteiger partial charge is 0.466 e. The molecule has 0 N–H and O–H groups in total. The molecule has 0 aliphatic carbocycles. The van der Waals surface area contributed by atoms with Crippen LogP contribution < -0.4 is 0 Å². The summed E-state index contributed by atoms with van der Waals surface area (Å²) in [4.78, 5) is 10.7. The predicted octanol–water partition coefficient (Wildman–Crippen LogP) is 2.13. The molecule has 3 heteroatoms. The van der Waals surface area contributed by atoms with Crippen LogP contribution in [-0.2, 0) is 9.53 Å². The van der Waals surface area contributed by atoms with Gasteiger partial charge >= 0.3 is 5.97 Å². The fourth-order valence-electron chi connectivity index (χ4n) is 0.752.